The lowest BCUT2D eigenvalue weighted by molar-refractivity contribution is 0.0954. The number of amides is 1. The van der Waals surface area contributed by atoms with E-state index in [1.807, 2.05) is 12.1 Å². The van der Waals surface area contributed by atoms with Gasteiger partial charge in [0, 0.05) is 12.1 Å². The number of nitrogens with one attached hydrogen (secondary N) is 1. The smallest absolute Gasteiger partial charge is 0.251 e. The molecule has 0 unspecified atom stereocenters. The first-order valence-corrected chi connectivity index (χ1v) is 7.21. The summed E-state index contributed by atoms with van der Waals surface area (Å²) in [6.07, 6.45) is 8.52. The predicted octanol–water partition coefficient (Wildman–Crippen LogP) is 3.37. The Morgan fingerprint density at radius 2 is 2.25 bits per heavy atom. The lowest BCUT2D eigenvalue weighted by atomic mass is 9.97. The number of hydrogen-bond donors (Lipinski definition) is 1. The number of allylic oxidation sites excluding steroid dienone is 1. The van der Waals surface area contributed by atoms with Gasteiger partial charge in [-0.25, -0.2) is 0 Å². The molecule has 2 rings (SSSR count). The Labute approximate surface area is 120 Å². The van der Waals surface area contributed by atoms with Gasteiger partial charge in [0.25, 0.3) is 5.91 Å². The first kappa shape index (κ1) is 14.3. The third kappa shape index (κ3) is 4.24. The first-order valence-electron chi connectivity index (χ1n) is 7.21. The third-order valence-corrected chi connectivity index (χ3v) is 3.59. The van der Waals surface area contributed by atoms with Crippen molar-refractivity contribution < 1.29 is 4.79 Å². The van der Waals surface area contributed by atoms with Crippen LogP contribution in [0.1, 0.15) is 48.0 Å². The Kier molecular flexibility index (Phi) is 5.37. The van der Waals surface area contributed by atoms with Gasteiger partial charge in [-0.2, -0.15) is 5.26 Å². The molecule has 1 aromatic carbocycles. The fourth-order valence-corrected chi connectivity index (χ4v) is 2.48. The van der Waals surface area contributed by atoms with Crippen LogP contribution in [0.4, 0.5) is 0 Å². The van der Waals surface area contributed by atoms with Crippen LogP contribution >= 0.6 is 0 Å². The van der Waals surface area contributed by atoms with E-state index in [1.54, 1.807) is 12.1 Å². The summed E-state index contributed by atoms with van der Waals surface area (Å²) in [4.78, 5) is 12.0. The number of carbonyl (C=O) groups is 1. The summed E-state index contributed by atoms with van der Waals surface area (Å²) in [7, 11) is 0. The van der Waals surface area contributed by atoms with Crippen LogP contribution in [0.2, 0.25) is 0 Å². The van der Waals surface area contributed by atoms with Crippen molar-refractivity contribution in [2.45, 2.75) is 38.5 Å². The molecule has 0 aromatic heterocycles. The standard InChI is InChI=1S/C17H20N2O/c18-11-9-15-7-4-8-16(13-15)17(20)19-12-10-14-5-2-1-3-6-14/h4-5,7-8,13H,1-3,6,9-10,12H2,(H,19,20). The average molecular weight is 268 g/mol. The van der Waals surface area contributed by atoms with Gasteiger partial charge in [-0.05, 0) is 49.8 Å². The van der Waals surface area contributed by atoms with Gasteiger partial charge in [-0.3, -0.25) is 4.79 Å². The second kappa shape index (κ2) is 7.49. The molecule has 0 aliphatic heterocycles. The minimum atomic E-state index is -0.0544. The predicted molar refractivity (Wildman–Crippen MR) is 79.3 cm³/mol. The molecule has 104 valence electrons. The number of nitriles is 1. The van der Waals surface area contributed by atoms with E-state index in [9.17, 15) is 4.79 Å². The summed E-state index contributed by atoms with van der Waals surface area (Å²) in [5.41, 5.74) is 2.99. The number of nitrogens with zero attached hydrogens (tertiary/aromatic N) is 1. The molecule has 0 saturated heterocycles. The Balaban J connectivity index is 1.84. The molecule has 3 heteroatoms. The van der Waals surface area contributed by atoms with Crippen LogP contribution in [-0.2, 0) is 6.42 Å². The topological polar surface area (TPSA) is 52.9 Å². The van der Waals surface area contributed by atoms with Gasteiger partial charge in [0.05, 0.1) is 12.5 Å². The van der Waals surface area contributed by atoms with Gasteiger partial charge in [-0.15, -0.1) is 0 Å². The number of hydrogen-bond acceptors (Lipinski definition) is 2. The molecule has 1 aliphatic carbocycles. The molecular formula is C17H20N2O. The van der Waals surface area contributed by atoms with Crippen molar-refractivity contribution in [3.8, 4) is 6.07 Å². The summed E-state index contributed by atoms with van der Waals surface area (Å²) >= 11 is 0. The highest BCUT2D eigenvalue weighted by molar-refractivity contribution is 5.94. The SMILES string of the molecule is N#CCc1cccc(C(=O)NCCC2=CCCCC2)c1. The zero-order chi connectivity index (χ0) is 14.2. The molecule has 1 aromatic rings. The normalized spacial score (nSPS) is 14.2. The second-order valence-corrected chi connectivity index (χ2v) is 5.15. The molecular weight excluding hydrogens is 248 g/mol. The van der Waals surface area contributed by atoms with E-state index < -0.39 is 0 Å². The van der Waals surface area contributed by atoms with Crippen molar-refractivity contribution in [2.75, 3.05) is 6.54 Å². The van der Waals surface area contributed by atoms with Crippen LogP contribution in [0, 0.1) is 11.3 Å². The summed E-state index contributed by atoms with van der Waals surface area (Å²) in [5, 5.41) is 11.6. The highest BCUT2D eigenvalue weighted by Crippen LogP contribution is 2.19. The summed E-state index contributed by atoms with van der Waals surface area (Å²) in [5.74, 6) is -0.0544. The van der Waals surface area contributed by atoms with Gasteiger partial charge < -0.3 is 5.32 Å². The van der Waals surface area contributed by atoms with Crippen molar-refractivity contribution >= 4 is 5.91 Å². The molecule has 1 aliphatic rings. The van der Waals surface area contributed by atoms with Crippen molar-refractivity contribution in [1.29, 1.82) is 5.26 Å². The first-order chi connectivity index (χ1) is 9.79. The largest absolute Gasteiger partial charge is 0.352 e. The Bertz CT molecular complexity index is 540. The molecule has 1 amide bonds. The summed E-state index contributed by atoms with van der Waals surface area (Å²) < 4.78 is 0. The van der Waals surface area contributed by atoms with Crippen LogP contribution in [0.3, 0.4) is 0 Å². The van der Waals surface area contributed by atoms with E-state index in [-0.39, 0.29) is 5.91 Å². The quantitative estimate of drug-likeness (QED) is 0.832. The van der Waals surface area contributed by atoms with E-state index >= 15 is 0 Å². The Morgan fingerprint density at radius 1 is 1.35 bits per heavy atom. The van der Waals surface area contributed by atoms with Crippen LogP contribution in [0.5, 0.6) is 0 Å². The maximum Gasteiger partial charge on any atom is 0.251 e. The number of carbonyl (C=O) groups excluding carboxylic acids is 1. The molecule has 0 bridgehead atoms. The van der Waals surface area contributed by atoms with Crippen molar-refractivity contribution in [1.82, 2.24) is 5.32 Å². The highest BCUT2D eigenvalue weighted by atomic mass is 16.1. The van der Waals surface area contributed by atoms with Crippen molar-refractivity contribution in [2.24, 2.45) is 0 Å². The zero-order valence-corrected chi connectivity index (χ0v) is 11.7. The third-order valence-electron chi connectivity index (χ3n) is 3.59. The van der Waals surface area contributed by atoms with Gasteiger partial charge in [0.2, 0.25) is 0 Å². The molecule has 0 atom stereocenters. The fraction of sp³-hybridized carbons (Fsp3) is 0.412. The van der Waals surface area contributed by atoms with Crippen LogP contribution in [-0.4, -0.2) is 12.5 Å². The maximum atomic E-state index is 12.0. The second-order valence-electron chi connectivity index (χ2n) is 5.15. The average Bonchev–Trinajstić information content (AvgIpc) is 2.49. The van der Waals surface area contributed by atoms with Gasteiger partial charge >= 0.3 is 0 Å². The summed E-state index contributed by atoms with van der Waals surface area (Å²) in [6, 6.07) is 9.37. The van der Waals surface area contributed by atoms with Crippen molar-refractivity contribution in [3.63, 3.8) is 0 Å². The molecule has 3 nitrogen and oxygen atoms in total. The number of rotatable bonds is 5. The maximum absolute atomic E-state index is 12.0. The van der Waals surface area contributed by atoms with Gasteiger partial charge in [0.15, 0.2) is 0 Å². The fourth-order valence-electron chi connectivity index (χ4n) is 2.48. The minimum absolute atomic E-state index is 0.0544. The number of benzene rings is 1. The van der Waals surface area contributed by atoms with E-state index in [0.29, 0.717) is 18.5 Å². The molecule has 0 saturated carbocycles. The summed E-state index contributed by atoms with van der Waals surface area (Å²) in [6.45, 7) is 0.688. The molecule has 0 radical (unpaired) electrons. The lowest BCUT2D eigenvalue weighted by Crippen LogP contribution is -2.25. The van der Waals surface area contributed by atoms with E-state index in [4.69, 9.17) is 5.26 Å². The van der Waals surface area contributed by atoms with Crippen LogP contribution in [0.25, 0.3) is 0 Å². The monoisotopic (exact) mass is 268 g/mol. The molecule has 0 heterocycles. The Hall–Kier alpha value is -2.08. The van der Waals surface area contributed by atoms with Crippen LogP contribution < -0.4 is 5.32 Å². The van der Waals surface area contributed by atoms with Crippen molar-refractivity contribution in [3.05, 3.63) is 47.0 Å². The molecule has 0 fully saturated rings. The van der Waals surface area contributed by atoms with Gasteiger partial charge in [-0.1, -0.05) is 23.8 Å². The van der Waals surface area contributed by atoms with Gasteiger partial charge in [0.1, 0.15) is 0 Å². The molecule has 0 spiro atoms. The van der Waals surface area contributed by atoms with E-state index in [2.05, 4.69) is 17.5 Å². The zero-order valence-electron chi connectivity index (χ0n) is 11.7. The minimum Gasteiger partial charge on any atom is -0.352 e. The van der Waals surface area contributed by atoms with Crippen LogP contribution in [0.15, 0.2) is 35.9 Å². The molecule has 20 heavy (non-hydrogen) atoms. The highest BCUT2D eigenvalue weighted by Gasteiger charge is 2.07. The molecule has 1 N–H and O–H groups in total. The Morgan fingerprint density at radius 3 is 3.00 bits per heavy atom. The van der Waals surface area contributed by atoms with E-state index in [0.717, 1.165) is 12.0 Å². The van der Waals surface area contributed by atoms with E-state index in [1.165, 1.54) is 31.3 Å². The lowest BCUT2D eigenvalue weighted by Gasteiger charge is -2.13.